The van der Waals surface area contributed by atoms with Crippen molar-refractivity contribution >= 4 is 23.3 Å². The van der Waals surface area contributed by atoms with Crippen LogP contribution in [0, 0.1) is 0 Å². The van der Waals surface area contributed by atoms with Crippen molar-refractivity contribution in [2.75, 3.05) is 18.5 Å². The molecule has 5 nitrogen and oxygen atoms in total. The Balaban J connectivity index is 1.52. The van der Waals surface area contributed by atoms with Crippen molar-refractivity contribution in [1.82, 2.24) is 0 Å². The number of nitrogens with one attached hydrogen (secondary N) is 1. The van der Waals surface area contributed by atoms with Crippen LogP contribution in [0.25, 0.3) is 0 Å². The molecule has 178 valence electrons. The number of esters is 1. The maximum absolute atomic E-state index is 12.4. The quantitative estimate of drug-likeness (QED) is 0.482. The molecule has 33 heavy (non-hydrogen) atoms. The second-order valence-corrected chi connectivity index (χ2v) is 10.3. The summed E-state index contributed by atoms with van der Waals surface area (Å²) in [6, 6.07) is 11.7. The molecule has 0 saturated carbocycles. The summed E-state index contributed by atoms with van der Waals surface area (Å²) in [6.45, 7) is 7.26. The number of hydrogen-bond acceptors (Lipinski definition) is 5. The number of halogens is 1. The summed E-state index contributed by atoms with van der Waals surface area (Å²) in [7, 11) is 0. The number of rotatable bonds is 7. The Morgan fingerprint density at radius 1 is 1.18 bits per heavy atom. The number of carbonyl (C=O) groups excluding carboxylic acids is 1. The topological polar surface area (TPSA) is 56.8 Å². The van der Waals surface area contributed by atoms with Crippen LogP contribution in [0.2, 0.25) is 5.02 Å². The molecule has 2 atom stereocenters. The summed E-state index contributed by atoms with van der Waals surface area (Å²) < 4.78 is 17.8. The number of hydrogen-bond donors (Lipinski definition) is 1. The van der Waals surface area contributed by atoms with Crippen molar-refractivity contribution in [2.24, 2.45) is 0 Å². The van der Waals surface area contributed by atoms with Gasteiger partial charge in [-0.25, -0.2) is 0 Å². The number of anilines is 1. The molecule has 1 saturated heterocycles. The second kappa shape index (κ2) is 10.4. The van der Waals surface area contributed by atoms with Gasteiger partial charge in [0.2, 0.25) is 0 Å². The van der Waals surface area contributed by atoms with Gasteiger partial charge in [0, 0.05) is 29.4 Å². The van der Waals surface area contributed by atoms with Crippen LogP contribution in [0.3, 0.4) is 0 Å². The van der Waals surface area contributed by atoms with E-state index in [2.05, 4.69) is 5.32 Å². The van der Waals surface area contributed by atoms with Crippen LogP contribution in [0.1, 0.15) is 69.2 Å². The zero-order valence-corrected chi connectivity index (χ0v) is 20.5. The predicted octanol–water partition coefficient (Wildman–Crippen LogP) is 6.27. The Kier molecular flexibility index (Phi) is 7.50. The minimum atomic E-state index is -0.515. The van der Waals surface area contributed by atoms with E-state index >= 15 is 0 Å². The van der Waals surface area contributed by atoms with E-state index in [1.165, 1.54) is 5.56 Å². The van der Waals surface area contributed by atoms with Gasteiger partial charge >= 0.3 is 5.97 Å². The first kappa shape index (κ1) is 23.9. The lowest BCUT2D eigenvalue weighted by atomic mass is 9.88. The van der Waals surface area contributed by atoms with E-state index in [9.17, 15) is 4.79 Å². The van der Waals surface area contributed by atoms with Gasteiger partial charge in [-0.05, 0) is 82.2 Å². The molecular formula is C27H34ClNO4. The average molecular weight is 472 g/mol. The van der Waals surface area contributed by atoms with Crippen molar-refractivity contribution < 1.29 is 19.0 Å². The van der Waals surface area contributed by atoms with E-state index in [0.29, 0.717) is 5.02 Å². The predicted molar refractivity (Wildman–Crippen MR) is 131 cm³/mol. The SMILES string of the molecule is CC(C)(C)OC(=O)Cc1ccccc1OC1CCCc2c(NC[C@H]3CCCO3)cc(Cl)cc21. The lowest BCUT2D eigenvalue weighted by molar-refractivity contribution is -0.153. The Labute approximate surface area is 201 Å². The molecule has 0 amide bonds. The van der Waals surface area contributed by atoms with Crippen LogP contribution in [-0.4, -0.2) is 30.8 Å². The standard InChI is InChI=1S/C27H34ClNO4/c1-27(2,3)33-26(30)14-18-8-4-5-11-24(18)32-25-12-6-10-21-22(25)15-19(28)16-23(21)29-17-20-9-7-13-31-20/h4-5,8,11,15-16,20,25,29H,6-7,9-10,12-14,17H2,1-3H3/t20-,25?/m1/s1. The fourth-order valence-electron chi connectivity index (χ4n) is 4.60. The van der Waals surface area contributed by atoms with E-state index in [0.717, 1.165) is 67.8 Å². The summed E-state index contributed by atoms with van der Waals surface area (Å²) >= 11 is 6.52. The van der Waals surface area contributed by atoms with Crippen LogP contribution in [0.15, 0.2) is 36.4 Å². The minimum absolute atomic E-state index is 0.115. The highest BCUT2D eigenvalue weighted by Crippen LogP contribution is 2.40. The normalized spacial score (nSPS) is 20.2. The molecule has 1 unspecified atom stereocenters. The van der Waals surface area contributed by atoms with Crippen molar-refractivity contribution in [2.45, 2.75) is 77.1 Å². The van der Waals surface area contributed by atoms with Gasteiger partial charge in [-0.15, -0.1) is 0 Å². The molecular weight excluding hydrogens is 438 g/mol. The smallest absolute Gasteiger partial charge is 0.310 e. The van der Waals surface area contributed by atoms with E-state index in [1.807, 2.05) is 57.2 Å². The highest BCUT2D eigenvalue weighted by Gasteiger charge is 2.27. The molecule has 2 aromatic rings. The van der Waals surface area contributed by atoms with Crippen molar-refractivity contribution in [3.8, 4) is 5.75 Å². The Hall–Kier alpha value is -2.24. The molecule has 0 radical (unpaired) electrons. The molecule has 1 aliphatic heterocycles. The van der Waals surface area contributed by atoms with Crippen LogP contribution < -0.4 is 10.1 Å². The second-order valence-electron chi connectivity index (χ2n) is 9.91. The Morgan fingerprint density at radius 3 is 2.76 bits per heavy atom. The van der Waals surface area contributed by atoms with Crippen molar-refractivity contribution in [3.63, 3.8) is 0 Å². The van der Waals surface area contributed by atoms with E-state index < -0.39 is 5.60 Å². The minimum Gasteiger partial charge on any atom is -0.485 e. The molecule has 2 aliphatic rings. The van der Waals surface area contributed by atoms with E-state index in [4.69, 9.17) is 25.8 Å². The van der Waals surface area contributed by atoms with Gasteiger partial charge in [0.15, 0.2) is 0 Å². The van der Waals surface area contributed by atoms with Crippen molar-refractivity contribution in [3.05, 3.63) is 58.1 Å². The molecule has 0 spiro atoms. The van der Waals surface area contributed by atoms with E-state index in [1.54, 1.807) is 0 Å². The maximum atomic E-state index is 12.4. The summed E-state index contributed by atoms with van der Waals surface area (Å²) in [6.07, 6.45) is 5.46. The third-order valence-corrected chi connectivity index (χ3v) is 6.25. The van der Waals surface area contributed by atoms with Crippen LogP contribution >= 0.6 is 11.6 Å². The average Bonchev–Trinajstić information content (AvgIpc) is 3.26. The number of fused-ring (bicyclic) bond motifs is 1. The zero-order chi connectivity index (χ0) is 23.4. The van der Waals surface area contributed by atoms with Crippen LogP contribution in [0.5, 0.6) is 5.75 Å². The largest absolute Gasteiger partial charge is 0.485 e. The molecule has 4 rings (SSSR count). The van der Waals surface area contributed by atoms with Gasteiger partial charge in [-0.2, -0.15) is 0 Å². The number of ether oxygens (including phenoxy) is 3. The highest BCUT2D eigenvalue weighted by atomic mass is 35.5. The number of carbonyl (C=O) groups is 1. The molecule has 1 heterocycles. The molecule has 0 bridgehead atoms. The van der Waals surface area contributed by atoms with E-state index in [-0.39, 0.29) is 24.6 Å². The molecule has 1 fully saturated rings. The third-order valence-electron chi connectivity index (χ3n) is 6.03. The summed E-state index contributed by atoms with van der Waals surface area (Å²) in [5, 5.41) is 4.27. The Morgan fingerprint density at radius 2 is 2.00 bits per heavy atom. The lowest BCUT2D eigenvalue weighted by Gasteiger charge is -2.29. The first-order valence-corrected chi connectivity index (χ1v) is 12.3. The fourth-order valence-corrected chi connectivity index (χ4v) is 4.83. The highest BCUT2D eigenvalue weighted by molar-refractivity contribution is 6.31. The number of para-hydroxylation sites is 1. The summed E-state index contributed by atoms with van der Waals surface area (Å²) in [5.74, 6) is 0.460. The Bertz CT molecular complexity index is 979. The summed E-state index contributed by atoms with van der Waals surface area (Å²) in [5.41, 5.74) is 3.77. The number of benzene rings is 2. The molecule has 1 aliphatic carbocycles. The summed E-state index contributed by atoms with van der Waals surface area (Å²) in [4.78, 5) is 12.4. The first-order valence-electron chi connectivity index (χ1n) is 11.9. The van der Waals surface area contributed by atoms with Gasteiger partial charge in [-0.1, -0.05) is 29.8 Å². The fraction of sp³-hybridized carbons (Fsp3) is 0.519. The molecule has 2 aromatic carbocycles. The van der Waals surface area contributed by atoms with Gasteiger partial charge in [0.25, 0.3) is 0 Å². The zero-order valence-electron chi connectivity index (χ0n) is 19.8. The van der Waals surface area contributed by atoms with Crippen molar-refractivity contribution in [1.29, 1.82) is 0 Å². The van der Waals surface area contributed by atoms with Crippen LogP contribution in [-0.2, 0) is 27.1 Å². The van der Waals surface area contributed by atoms with Gasteiger partial charge < -0.3 is 19.5 Å². The first-order chi connectivity index (χ1) is 15.8. The van der Waals surface area contributed by atoms with Crippen LogP contribution in [0.4, 0.5) is 5.69 Å². The third kappa shape index (κ3) is 6.42. The maximum Gasteiger partial charge on any atom is 0.310 e. The van der Waals surface area contributed by atoms with Gasteiger partial charge in [-0.3, -0.25) is 4.79 Å². The molecule has 0 aromatic heterocycles. The lowest BCUT2D eigenvalue weighted by Crippen LogP contribution is -2.25. The monoisotopic (exact) mass is 471 g/mol. The van der Waals surface area contributed by atoms with Gasteiger partial charge in [0.05, 0.1) is 12.5 Å². The molecule has 6 heteroatoms. The van der Waals surface area contributed by atoms with Gasteiger partial charge in [0.1, 0.15) is 17.5 Å². The molecule has 1 N–H and O–H groups in total.